The highest BCUT2D eigenvalue weighted by molar-refractivity contribution is 7.86. The molecule has 0 radical (unpaired) electrons. The molecule has 1 heterocycles. The molecule has 0 spiro atoms. The first-order chi connectivity index (χ1) is 9.48. The Hall–Kier alpha value is -0.700. The lowest BCUT2D eigenvalue weighted by Gasteiger charge is -2.29. The molecule has 1 N–H and O–H groups in total. The van der Waals surface area contributed by atoms with Gasteiger partial charge in [-0.1, -0.05) is 6.92 Å². The third-order valence-electron chi connectivity index (χ3n) is 3.21. The molecular weight excluding hydrogens is 284 g/mol. The summed E-state index contributed by atoms with van der Waals surface area (Å²) in [6.07, 6.45) is 1.77. The van der Waals surface area contributed by atoms with Crippen LogP contribution in [0.2, 0.25) is 0 Å². The lowest BCUT2D eigenvalue weighted by molar-refractivity contribution is -0.146. The van der Waals surface area contributed by atoms with E-state index in [2.05, 4.69) is 0 Å². The molecule has 0 aromatic carbocycles. The first kappa shape index (κ1) is 17.4. The number of hydrogen-bond donors (Lipinski definition) is 1. The van der Waals surface area contributed by atoms with Gasteiger partial charge in [0.05, 0.1) is 13.2 Å². The van der Waals surface area contributed by atoms with E-state index >= 15 is 0 Å². The molecule has 20 heavy (non-hydrogen) atoms. The fourth-order valence-corrected chi connectivity index (χ4v) is 4.24. The van der Waals surface area contributed by atoms with Gasteiger partial charge in [0.15, 0.2) is 0 Å². The zero-order valence-corrected chi connectivity index (χ0v) is 12.9. The quantitative estimate of drug-likeness (QED) is 0.636. The van der Waals surface area contributed by atoms with Crippen molar-refractivity contribution in [3.8, 4) is 0 Å². The largest absolute Gasteiger partial charge is 0.465 e. The van der Waals surface area contributed by atoms with Crippen LogP contribution in [0.25, 0.3) is 0 Å². The van der Waals surface area contributed by atoms with Gasteiger partial charge >= 0.3 is 5.97 Å². The minimum absolute atomic E-state index is 0.0439. The van der Waals surface area contributed by atoms with E-state index in [4.69, 9.17) is 9.84 Å². The van der Waals surface area contributed by atoms with E-state index in [1.165, 1.54) is 8.61 Å². The Morgan fingerprint density at radius 1 is 1.40 bits per heavy atom. The number of ether oxygens (including phenoxy) is 1. The molecule has 8 heteroatoms. The van der Waals surface area contributed by atoms with Crippen molar-refractivity contribution in [3.63, 3.8) is 0 Å². The van der Waals surface area contributed by atoms with E-state index in [1.807, 2.05) is 6.92 Å². The van der Waals surface area contributed by atoms with Crippen molar-refractivity contribution in [2.24, 2.45) is 0 Å². The highest BCUT2D eigenvalue weighted by Crippen LogP contribution is 2.24. The van der Waals surface area contributed by atoms with Gasteiger partial charge in [-0.05, 0) is 26.2 Å². The summed E-state index contributed by atoms with van der Waals surface area (Å²) < 4.78 is 32.5. The Bertz CT molecular complexity index is 406. The van der Waals surface area contributed by atoms with Crippen LogP contribution in [-0.2, 0) is 19.7 Å². The van der Waals surface area contributed by atoms with Gasteiger partial charge in [-0.25, -0.2) is 0 Å². The maximum absolute atomic E-state index is 12.6. The third kappa shape index (κ3) is 3.91. The van der Waals surface area contributed by atoms with Crippen LogP contribution in [0.1, 0.15) is 33.1 Å². The molecule has 1 aliphatic rings. The van der Waals surface area contributed by atoms with E-state index in [9.17, 15) is 13.2 Å². The van der Waals surface area contributed by atoms with Gasteiger partial charge in [0.2, 0.25) is 0 Å². The van der Waals surface area contributed by atoms with Gasteiger partial charge in [-0.2, -0.15) is 17.0 Å². The lowest BCUT2D eigenvalue weighted by Crippen LogP contribution is -2.49. The number of carbonyl (C=O) groups is 1. The van der Waals surface area contributed by atoms with Crippen LogP contribution in [0.5, 0.6) is 0 Å². The summed E-state index contributed by atoms with van der Waals surface area (Å²) in [7, 11) is -3.73. The smallest absolute Gasteiger partial charge is 0.324 e. The van der Waals surface area contributed by atoms with E-state index in [1.54, 1.807) is 6.92 Å². The summed E-state index contributed by atoms with van der Waals surface area (Å²) in [6, 6.07) is -0.738. The Labute approximate surface area is 120 Å². The van der Waals surface area contributed by atoms with Crippen LogP contribution in [-0.4, -0.2) is 67.0 Å². The van der Waals surface area contributed by atoms with E-state index in [-0.39, 0.29) is 19.8 Å². The molecule has 1 fully saturated rings. The fourth-order valence-electron chi connectivity index (χ4n) is 2.34. The van der Waals surface area contributed by atoms with Gasteiger partial charge in [0.25, 0.3) is 10.2 Å². The second-order valence-corrected chi connectivity index (χ2v) is 6.53. The van der Waals surface area contributed by atoms with Crippen molar-refractivity contribution in [1.82, 2.24) is 8.61 Å². The number of hydrogen-bond acceptors (Lipinski definition) is 5. The van der Waals surface area contributed by atoms with Crippen molar-refractivity contribution < 1.29 is 23.1 Å². The summed E-state index contributed by atoms with van der Waals surface area (Å²) in [4.78, 5) is 11.8. The molecule has 0 aromatic rings. The first-order valence-electron chi connectivity index (χ1n) is 7.03. The molecule has 0 aliphatic carbocycles. The van der Waals surface area contributed by atoms with Gasteiger partial charge in [-0.15, -0.1) is 0 Å². The molecule has 1 rings (SSSR count). The minimum Gasteiger partial charge on any atom is -0.465 e. The highest BCUT2D eigenvalue weighted by atomic mass is 32.2. The average molecular weight is 308 g/mol. The summed E-state index contributed by atoms with van der Waals surface area (Å²) in [5, 5.41) is 9.01. The Balaban J connectivity index is 2.90. The maximum atomic E-state index is 12.6. The number of nitrogens with zero attached hydrogens (tertiary/aromatic N) is 2. The van der Waals surface area contributed by atoms with Crippen molar-refractivity contribution in [2.75, 3.05) is 32.8 Å². The number of carbonyl (C=O) groups excluding carboxylic acids is 1. The SMILES string of the molecule is CCCN(CCO)S(=O)(=O)N1CCCC1C(=O)OCC. The molecule has 0 aromatic heterocycles. The van der Waals surface area contributed by atoms with E-state index in [0.29, 0.717) is 32.4 Å². The predicted octanol–water partition coefficient (Wildman–Crippen LogP) is -0.0370. The molecule has 118 valence electrons. The topological polar surface area (TPSA) is 87.2 Å². The van der Waals surface area contributed by atoms with E-state index in [0.717, 1.165) is 0 Å². The van der Waals surface area contributed by atoms with Gasteiger partial charge < -0.3 is 9.84 Å². The molecule has 1 unspecified atom stereocenters. The highest BCUT2D eigenvalue weighted by Gasteiger charge is 2.41. The predicted molar refractivity (Wildman–Crippen MR) is 74.2 cm³/mol. The Kier molecular flexibility index (Phi) is 6.87. The standard InChI is InChI=1S/C12H24N2O5S/c1-3-7-13(9-10-15)20(17,18)14-8-5-6-11(14)12(16)19-4-2/h11,15H,3-10H2,1-2H3. The summed E-state index contributed by atoms with van der Waals surface area (Å²) in [5.41, 5.74) is 0. The Morgan fingerprint density at radius 3 is 2.65 bits per heavy atom. The maximum Gasteiger partial charge on any atom is 0.324 e. The molecule has 7 nitrogen and oxygen atoms in total. The Morgan fingerprint density at radius 2 is 2.10 bits per heavy atom. The molecule has 1 aliphatic heterocycles. The number of aliphatic hydroxyl groups is 1. The molecule has 1 saturated heterocycles. The second kappa shape index (κ2) is 7.92. The van der Waals surface area contributed by atoms with Crippen LogP contribution in [0.3, 0.4) is 0 Å². The van der Waals surface area contributed by atoms with Crippen LogP contribution in [0.4, 0.5) is 0 Å². The summed E-state index contributed by atoms with van der Waals surface area (Å²) >= 11 is 0. The number of aliphatic hydroxyl groups excluding tert-OH is 1. The molecule has 1 atom stereocenters. The van der Waals surface area contributed by atoms with Crippen LogP contribution >= 0.6 is 0 Å². The molecule has 0 saturated carbocycles. The van der Waals surface area contributed by atoms with Crippen molar-refractivity contribution in [1.29, 1.82) is 0 Å². The number of rotatable bonds is 8. The molecular formula is C12H24N2O5S. The normalized spacial score (nSPS) is 20.5. The minimum atomic E-state index is -3.73. The van der Waals surface area contributed by atoms with Crippen LogP contribution in [0, 0.1) is 0 Å². The van der Waals surface area contributed by atoms with Crippen LogP contribution < -0.4 is 0 Å². The first-order valence-corrected chi connectivity index (χ1v) is 8.43. The molecule has 0 amide bonds. The van der Waals surface area contributed by atoms with Gasteiger partial charge in [-0.3, -0.25) is 4.79 Å². The van der Waals surface area contributed by atoms with Gasteiger partial charge in [0, 0.05) is 19.6 Å². The van der Waals surface area contributed by atoms with Crippen molar-refractivity contribution in [3.05, 3.63) is 0 Å². The summed E-state index contributed by atoms with van der Waals surface area (Å²) in [6.45, 7) is 4.25. The fraction of sp³-hybridized carbons (Fsp3) is 0.917. The molecule has 0 bridgehead atoms. The van der Waals surface area contributed by atoms with Crippen molar-refractivity contribution >= 4 is 16.2 Å². The second-order valence-electron chi connectivity index (χ2n) is 4.65. The van der Waals surface area contributed by atoms with Crippen LogP contribution in [0.15, 0.2) is 0 Å². The monoisotopic (exact) mass is 308 g/mol. The van der Waals surface area contributed by atoms with Crippen molar-refractivity contribution in [2.45, 2.75) is 39.2 Å². The third-order valence-corrected chi connectivity index (χ3v) is 5.25. The average Bonchev–Trinajstić information content (AvgIpc) is 2.88. The summed E-state index contributed by atoms with van der Waals surface area (Å²) in [5.74, 6) is -0.492. The van der Waals surface area contributed by atoms with Gasteiger partial charge in [0.1, 0.15) is 6.04 Å². The lowest BCUT2D eigenvalue weighted by atomic mass is 10.2. The van der Waals surface area contributed by atoms with E-state index < -0.39 is 22.2 Å². The number of esters is 1. The zero-order valence-electron chi connectivity index (χ0n) is 12.1. The zero-order chi connectivity index (χ0) is 15.2.